The van der Waals surface area contributed by atoms with Crippen LogP contribution < -0.4 is 5.32 Å². The number of aryl methyl sites for hydroxylation is 1. The van der Waals surface area contributed by atoms with Gasteiger partial charge in [-0.2, -0.15) is 0 Å². The van der Waals surface area contributed by atoms with Crippen molar-refractivity contribution in [3.05, 3.63) is 106 Å². The molecule has 0 radical (unpaired) electrons. The van der Waals surface area contributed by atoms with E-state index < -0.39 is 6.04 Å². The van der Waals surface area contributed by atoms with Gasteiger partial charge in [-0.15, -0.1) is 0 Å². The SMILES string of the molecule is CC(C)(C)c1ccc(CCC(=O)N(Cc2ccc(Br)cc2)C(Cc2ccccc2)C(=O)NC2CCCCC2)cc1. The Bertz CT molecular complexity index is 1230. The third-order valence-electron chi connectivity index (χ3n) is 7.94. The predicted molar refractivity (Wildman–Crippen MR) is 167 cm³/mol. The molecule has 1 N–H and O–H groups in total. The van der Waals surface area contributed by atoms with Crippen LogP contribution in [0.25, 0.3) is 0 Å². The highest BCUT2D eigenvalue weighted by atomic mass is 79.9. The number of halogens is 1. The highest BCUT2D eigenvalue weighted by molar-refractivity contribution is 9.10. The average Bonchev–Trinajstić information content (AvgIpc) is 2.95. The van der Waals surface area contributed by atoms with Crippen molar-refractivity contribution >= 4 is 27.7 Å². The zero-order chi connectivity index (χ0) is 28.5. The maximum Gasteiger partial charge on any atom is 0.243 e. The van der Waals surface area contributed by atoms with Gasteiger partial charge >= 0.3 is 0 Å². The minimum absolute atomic E-state index is 0.00235. The Morgan fingerprint density at radius 2 is 1.48 bits per heavy atom. The number of carbonyl (C=O) groups is 2. The Balaban J connectivity index is 1.58. The summed E-state index contributed by atoms with van der Waals surface area (Å²) in [6, 6.07) is 26.3. The molecule has 3 aromatic rings. The van der Waals surface area contributed by atoms with E-state index in [1.807, 2.05) is 59.5 Å². The van der Waals surface area contributed by atoms with Crippen molar-refractivity contribution in [3.63, 3.8) is 0 Å². The number of nitrogens with one attached hydrogen (secondary N) is 1. The van der Waals surface area contributed by atoms with Crippen LogP contribution in [0, 0.1) is 0 Å². The van der Waals surface area contributed by atoms with Crippen LogP contribution in [0.1, 0.15) is 81.5 Å². The fourth-order valence-electron chi connectivity index (χ4n) is 5.45. The van der Waals surface area contributed by atoms with Gasteiger partial charge in [-0.05, 0) is 59.1 Å². The monoisotopic (exact) mass is 602 g/mol. The molecule has 0 saturated heterocycles. The van der Waals surface area contributed by atoms with Crippen LogP contribution in [-0.4, -0.2) is 28.8 Å². The summed E-state index contributed by atoms with van der Waals surface area (Å²) in [6.45, 7) is 7.01. The molecule has 2 amide bonds. The molecule has 1 unspecified atom stereocenters. The third kappa shape index (κ3) is 8.79. The first-order chi connectivity index (χ1) is 19.2. The summed E-state index contributed by atoms with van der Waals surface area (Å²) in [5, 5.41) is 3.32. The molecular formula is C35H43BrN2O2. The molecule has 0 aliphatic heterocycles. The summed E-state index contributed by atoms with van der Waals surface area (Å²) < 4.78 is 0.990. The van der Waals surface area contributed by atoms with Gasteiger partial charge in [0.15, 0.2) is 0 Å². The van der Waals surface area contributed by atoms with Crippen molar-refractivity contribution in [1.82, 2.24) is 10.2 Å². The fourth-order valence-corrected chi connectivity index (χ4v) is 5.72. The first kappa shape index (κ1) is 30.0. The molecule has 0 heterocycles. The number of benzene rings is 3. The van der Waals surface area contributed by atoms with Crippen LogP contribution in [0.4, 0.5) is 0 Å². The molecule has 1 fully saturated rings. The van der Waals surface area contributed by atoms with Gasteiger partial charge in [0.2, 0.25) is 11.8 Å². The minimum atomic E-state index is -0.580. The van der Waals surface area contributed by atoms with E-state index in [4.69, 9.17) is 0 Å². The first-order valence-corrected chi connectivity index (χ1v) is 15.5. The molecule has 212 valence electrons. The third-order valence-corrected chi connectivity index (χ3v) is 8.46. The van der Waals surface area contributed by atoms with Gasteiger partial charge in [0, 0.05) is 29.9 Å². The molecule has 1 aliphatic carbocycles. The Kier molecular flexibility index (Phi) is 10.6. The maximum atomic E-state index is 14.0. The summed E-state index contributed by atoms with van der Waals surface area (Å²) in [5.41, 5.74) is 4.57. The number of hydrogen-bond donors (Lipinski definition) is 1. The van der Waals surface area contributed by atoms with Gasteiger partial charge in [-0.1, -0.05) is 123 Å². The average molecular weight is 604 g/mol. The zero-order valence-electron chi connectivity index (χ0n) is 24.2. The zero-order valence-corrected chi connectivity index (χ0v) is 25.8. The lowest BCUT2D eigenvalue weighted by molar-refractivity contribution is -0.141. The normalized spacial score (nSPS) is 14.9. The quantitative estimate of drug-likeness (QED) is 0.258. The maximum absolute atomic E-state index is 14.0. The van der Waals surface area contributed by atoms with Crippen molar-refractivity contribution in [2.45, 2.75) is 96.2 Å². The van der Waals surface area contributed by atoms with E-state index in [0.717, 1.165) is 46.8 Å². The minimum Gasteiger partial charge on any atom is -0.352 e. The Labute approximate surface area is 248 Å². The second-order valence-corrected chi connectivity index (χ2v) is 13.1. The fraction of sp³-hybridized carbons (Fsp3) is 0.429. The predicted octanol–water partition coefficient (Wildman–Crippen LogP) is 7.77. The first-order valence-electron chi connectivity index (χ1n) is 14.7. The van der Waals surface area contributed by atoms with Crippen LogP contribution >= 0.6 is 15.9 Å². The molecule has 3 aromatic carbocycles. The number of nitrogens with zero attached hydrogens (tertiary/aromatic N) is 1. The topological polar surface area (TPSA) is 49.4 Å². The lowest BCUT2D eigenvalue weighted by Crippen LogP contribution is -2.52. The van der Waals surface area contributed by atoms with E-state index >= 15 is 0 Å². The molecule has 40 heavy (non-hydrogen) atoms. The van der Waals surface area contributed by atoms with Gasteiger partial charge in [0.25, 0.3) is 0 Å². The summed E-state index contributed by atoms with van der Waals surface area (Å²) >= 11 is 3.52. The lowest BCUT2D eigenvalue weighted by Gasteiger charge is -2.33. The van der Waals surface area contributed by atoms with Crippen LogP contribution in [0.15, 0.2) is 83.3 Å². The van der Waals surface area contributed by atoms with Gasteiger partial charge in [0.1, 0.15) is 6.04 Å². The van der Waals surface area contributed by atoms with Crippen LogP contribution in [0.2, 0.25) is 0 Å². The molecule has 1 saturated carbocycles. The van der Waals surface area contributed by atoms with E-state index in [-0.39, 0.29) is 23.3 Å². The summed E-state index contributed by atoms with van der Waals surface area (Å²) in [5.74, 6) is -0.0433. The number of amides is 2. The van der Waals surface area contributed by atoms with Crippen LogP contribution in [0.5, 0.6) is 0 Å². The second-order valence-electron chi connectivity index (χ2n) is 12.1. The molecule has 1 atom stereocenters. The lowest BCUT2D eigenvalue weighted by atomic mass is 9.86. The van der Waals surface area contributed by atoms with E-state index in [1.165, 1.54) is 12.0 Å². The summed E-state index contributed by atoms with van der Waals surface area (Å²) in [4.78, 5) is 29.7. The Morgan fingerprint density at radius 3 is 2.10 bits per heavy atom. The Morgan fingerprint density at radius 1 is 0.850 bits per heavy atom. The standard InChI is InChI=1S/C35H43BrN2O2/c1-35(2,3)29-19-14-26(15-20-29)18-23-33(39)38(25-28-16-21-30(36)22-17-28)32(24-27-10-6-4-7-11-27)34(40)37-31-12-8-5-9-13-31/h4,6-7,10-11,14-17,19-22,31-32H,5,8-9,12-13,18,23-25H2,1-3H3,(H,37,40). The molecule has 4 nitrogen and oxygen atoms in total. The van der Waals surface area contributed by atoms with Crippen molar-refractivity contribution in [2.75, 3.05) is 0 Å². The second kappa shape index (κ2) is 14.1. The number of carbonyl (C=O) groups excluding carboxylic acids is 2. The van der Waals surface area contributed by atoms with Crippen molar-refractivity contribution < 1.29 is 9.59 Å². The smallest absolute Gasteiger partial charge is 0.243 e. The summed E-state index contributed by atoms with van der Waals surface area (Å²) in [7, 11) is 0. The Hall–Kier alpha value is -2.92. The largest absolute Gasteiger partial charge is 0.352 e. The van der Waals surface area contributed by atoms with E-state index in [1.54, 1.807) is 0 Å². The highest BCUT2D eigenvalue weighted by Gasteiger charge is 2.31. The van der Waals surface area contributed by atoms with E-state index in [0.29, 0.717) is 25.8 Å². The van der Waals surface area contributed by atoms with E-state index in [9.17, 15) is 9.59 Å². The van der Waals surface area contributed by atoms with Gasteiger partial charge in [-0.25, -0.2) is 0 Å². The molecule has 0 spiro atoms. The molecule has 5 heteroatoms. The molecule has 1 aliphatic rings. The number of hydrogen-bond acceptors (Lipinski definition) is 2. The van der Waals surface area contributed by atoms with Gasteiger partial charge < -0.3 is 10.2 Å². The highest BCUT2D eigenvalue weighted by Crippen LogP contribution is 2.24. The van der Waals surface area contributed by atoms with Crippen molar-refractivity contribution in [3.8, 4) is 0 Å². The van der Waals surface area contributed by atoms with E-state index in [2.05, 4.69) is 66.3 Å². The van der Waals surface area contributed by atoms with Crippen molar-refractivity contribution in [2.24, 2.45) is 0 Å². The molecule has 0 bridgehead atoms. The molecule has 4 rings (SSSR count). The van der Waals surface area contributed by atoms with Crippen LogP contribution in [0.3, 0.4) is 0 Å². The van der Waals surface area contributed by atoms with Gasteiger partial charge in [0.05, 0.1) is 0 Å². The van der Waals surface area contributed by atoms with Gasteiger partial charge in [-0.3, -0.25) is 9.59 Å². The molecular weight excluding hydrogens is 560 g/mol. The number of rotatable bonds is 10. The van der Waals surface area contributed by atoms with Crippen LogP contribution in [-0.2, 0) is 34.4 Å². The summed E-state index contributed by atoms with van der Waals surface area (Å²) in [6.07, 6.45) is 7.01. The molecule has 0 aromatic heterocycles. The van der Waals surface area contributed by atoms with Crippen molar-refractivity contribution in [1.29, 1.82) is 0 Å².